The molecule has 92 valence electrons. The minimum Gasteiger partial charge on any atom is -0.443 e. The van der Waals surface area contributed by atoms with Crippen molar-refractivity contribution in [2.24, 2.45) is 0 Å². The van der Waals surface area contributed by atoms with Gasteiger partial charge in [-0.25, -0.2) is 4.98 Å². The number of nitrogens with zero attached hydrogens (tertiary/aromatic N) is 1. The first-order valence-electron chi connectivity index (χ1n) is 4.96. The zero-order chi connectivity index (χ0) is 12.6. The largest absolute Gasteiger partial charge is 0.443 e. The van der Waals surface area contributed by atoms with Crippen molar-refractivity contribution in [2.45, 2.75) is 4.21 Å². The van der Waals surface area contributed by atoms with E-state index in [4.69, 9.17) is 8.60 Å². The van der Waals surface area contributed by atoms with Crippen molar-refractivity contribution in [1.29, 1.82) is 0 Å². The molecule has 0 fully saturated rings. The summed E-state index contributed by atoms with van der Waals surface area (Å²) in [6.07, 6.45) is 1.29. The summed E-state index contributed by atoms with van der Waals surface area (Å²) in [5.41, 5.74) is 1.13. The number of oxazole rings is 1. The molecule has 7 heteroatoms. The summed E-state index contributed by atoms with van der Waals surface area (Å²) in [6, 6.07) is 7.81. The predicted molar refractivity (Wildman–Crippen MR) is 66.1 cm³/mol. The molecular formula is C11H7NO4S2. The van der Waals surface area contributed by atoms with Crippen LogP contribution in [0.1, 0.15) is 0 Å². The van der Waals surface area contributed by atoms with Gasteiger partial charge in [-0.15, -0.1) is 11.3 Å². The number of fused-ring (bicyclic) bond motifs is 1. The normalized spacial score (nSPS) is 11.8. The first kappa shape index (κ1) is 11.2. The number of hydrogen-bond acceptors (Lipinski definition) is 6. The Kier molecular flexibility index (Phi) is 2.57. The molecule has 0 N–H and O–H groups in total. The van der Waals surface area contributed by atoms with Gasteiger partial charge in [0.05, 0.1) is 0 Å². The molecule has 0 saturated heterocycles. The van der Waals surface area contributed by atoms with Crippen LogP contribution in [-0.2, 0) is 10.1 Å². The molecule has 18 heavy (non-hydrogen) atoms. The first-order valence-corrected chi connectivity index (χ1v) is 7.25. The monoisotopic (exact) mass is 281 g/mol. The number of hydrogen-bond donors (Lipinski definition) is 0. The van der Waals surface area contributed by atoms with E-state index in [2.05, 4.69) is 4.98 Å². The predicted octanol–water partition coefficient (Wildman–Crippen LogP) is 2.66. The van der Waals surface area contributed by atoms with Crippen molar-refractivity contribution in [2.75, 3.05) is 0 Å². The maximum absolute atomic E-state index is 11.9. The fourth-order valence-corrected chi connectivity index (χ4v) is 3.34. The highest BCUT2D eigenvalue weighted by Crippen LogP contribution is 2.24. The van der Waals surface area contributed by atoms with Gasteiger partial charge in [0, 0.05) is 6.07 Å². The molecule has 3 rings (SSSR count). The van der Waals surface area contributed by atoms with Crippen LogP contribution in [0.5, 0.6) is 5.75 Å². The average Bonchev–Trinajstić information content (AvgIpc) is 2.99. The first-order chi connectivity index (χ1) is 8.65. The van der Waals surface area contributed by atoms with Gasteiger partial charge in [-0.1, -0.05) is 6.07 Å². The van der Waals surface area contributed by atoms with Gasteiger partial charge in [0.2, 0.25) is 0 Å². The van der Waals surface area contributed by atoms with Gasteiger partial charge in [-0.2, -0.15) is 8.42 Å². The van der Waals surface area contributed by atoms with E-state index >= 15 is 0 Å². The van der Waals surface area contributed by atoms with E-state index in [-0.39, 0.29) is 9.96 Å². The maximum atomic E-state index is 11.9. The van der Waals surface area contributed by atoms with Crippen molar-refractivity contribution in [1.82, 2.24) is 4.98 Å². The lowest BCUT2D eigenvalue weighted by Gasteiger charge is -2.04. The summed E-state index contributed by atoms with van der Waals surface area (Å²) in [6.45, 7) is 0. The Morgan fingerprint density at radius 2 is 2.17 bits per heavy atom. The van der Waals surface area contributed by atoms with Gasteiger partial charge in [-0.3, -0.25) is 0 Å². The molecule has 5 nitrogen and oxygen atoms in total. The van der Waals surface area contributed by atoms with Gasteiger partial charge >= 0.3 is 10.1 Å². The van der Waals surface area contributed by atoms with Gasteiger partial charge in [-0.05, 0) is 23.6 Å². The van der Waals surface area contributed by atoms with Crippen molar-refractivity contribution in [3.8, 4) is 5.75 Å². The van der Waals surface area contributed by atoms with E-state index in [1.165, 1.54) is 24.6 Å². The molecule has 0 bridgehead atoms. The summed E-state index contributed by atoms with van der Waals surface area (Å²) in [7, 11) is -3.76. The van der Waals surface area contributed by atoms with Gasteiger partial charge in [0.15, 0.2) is 16.2 Å². The van der Waals surface area contributed by atoms with Crippen LogP contribution in [-0.4, -0.2) is 13.4 Å². The highest BCUT2D eigenvalue weighted by Gasteiger charge is 2.18. The molecule has 0 radical (unpaired) electrons. The van der Waals surface area contributed by atoms with Crippen LogP contribution in [0.15, 0.2) is 50.7 Å². The molecule has 1 aromatic carbocycles. The Labute approximate surface area is 107 Å². The molecule has 3 aromatic rings. The summed E-state index contributed by atoms with van der Waals surface area (Å²) in [5, 5.41) is 1.68. The Bertz CT molecular complexity index is 774. The molecule has 0 atom stereocenters. The molecule has 2 aromatic heterocycles. The lowest BCUT2D eigenvalue weighted by molar-refractivity contribution is 0.488. The van der Waals surface area contributed by atoms with Crippen molar-refractivity contribution < 1.29 is 17.0 Å². The SMILES string of the molecule is O=S(=O)(Oc1ccc2ocnc2c1)c1cccs1. The fourth-order valence-electron chi connectivity index (χ4n) is 1.46. The fraction of sp³-hybridized carbons (Fsp3) is 0. The van der Waals surface area contributed by atoms with Crippen LogP contribution in [0.4, 0.5) is 0 Å². The topological polar surface area (TPSA) is 69.4 Å². The van der Waals surface area contributed by atoms with E-state index in [1.807, 2.05) is 0 Å². The van der Waals surface area contributed by atoms with Crippen LogP contribution in [0, 0.1) is 0 Å². The molecule has 0 amide bonds. The van der Waals surface area contributed by atoms with E-state index < -0.39 is 10.1 Å². The van der Waals surface area contributed by atoms with Crippen LogP contribution in [0.2, 0.25) is 0 Å². The van der Waals surface area contributed by atoms with E-state index in [0.717, 1.165) is 11.3 Å². The number of benzene rings is 1. The van der Waals surface area contributed by atoms with Crippen molar-refractivity contribution in [3.63, 3.8) is 0 Å². The summed E-state index contributed by atoms with van der Waals surface area (Å²) >= 11 is 1.11. The molecule has 2 heterocycles. The maximum Gasteiger partial charge on any atom is 0.348 e. The number of thiophene rings is 1. The third-order valence-corrected chi connectivity index (χ3v) is 4.85. The third kappa shape index (κ3) is 1.98. The van der Waals surface area contributed by atoms with Crippen LogP contribution in [0.25, 0.3) is 11.1 Å². The Morgan fingerprint density at radius 1 is 1.28 bits per heavy atom. The number of aromatic nitrogens is 1. The summed E-state index contributed by atoms with van der Waals surface area (Å²) < 4.78 is 34.0. The van der Waals surface area contributed by atoms with E-state index in [0.29, 0.717) is 11.1 Å². The highest BCUT2D eigenvalue weighted by atomic mass is 32.3. The van der Waals surface area contributed by atoms with Gasteiger partial charge < -0.3 is 8.60 Å². The minimum absolute atomic E-state index is 0.169. The molecule has 0 spiro atoms. The second-order valence-electron chi connectivity index (χ2n) is 3.45. The zero-order valence-corrected chi connectivity index (χ0v) is 10.6. The van der Waals surface area contributed by atoms with E-state index in [9.17, 15) is 8.42 Å². The van der Waals surface area contributed by atoms with Crippen LogP contribution in [0.3, 0.4) is 0 Å². The van der Waals surface area contributed by atoms with Crippen LogP contribution >= 0.6 is 11.3 Å². The van der Waals surface area contributed by atoms with Gasteiger partial charge in [0.25, 0.3) is 0 Å². The molecule has 0 aliphatic heterocycles. The Morgan fingerprint density at radius 3 is 2.94 bits per heavy atom. The second-order valence-corrected chi connectivity index (χ2v) is 6.17. The van der Waals surface area contributed by atoms with Crippen LogP contribution < -0.4 is 4.18 Å². The average molecular weight is 281 g/mol. The molecule has 0 unspecified atom stereocenters. The summed E-state index contributed by atoms with van der Waals surface area (Å²) in [4.78, 5) is 3.93. The smallest absolute Gasteiger partial charge is 0.348 e. The molecule has 0 aliphatic carbocycles. The lowest BCUT2D eigenvalue weighted by Crippen LogP contribution is -2.07. The third-order valence-electron chi connectivity index (χ3n) is 2.25. The van der Waals surface area contributed by atoms with Gasteiger partial charge in [0.1, 0.15) is 11.3 Å². The van der Waals surface area contributed by atoms with Crippen molar-refractivity contribution in [3.05, 3.63) is 42.1 Å². The Hall–Kier alpha value is -1.86. The quantitative estimate of drug-likeness (QED) is 0.690. The van der Waals surface area contributed by atoms with E-state index in [1.54, 1.807) is 17.5 Å². The minimum atomic E-state index is -3.76. The number of rotatable bonds is 3. The molecule has 0 saturated carbocycles. The van der Waals surface area contributed by atoms with Crippen molar-refractivity contribution >= 4 is 32.6 Å². The Balaban J connectivity index is 1.97. The lowest BCUT2D eigenvalue weighted by atomic mass is 10.3. The standard InChI is InChI=1S/C11H7NO4S2/c13-18(14,11-2-1-5-17-11)16-8-3-4-10-9(6-8)12-7-15-10/h1-7H. The molecule has 0 aliphatic rings. The second kappa shape index (κ2) is 4.11. The highest BCUT2D eigenvalue weighted by molar-refractivity contribution is 7.89. The molecular weight excluding hydrogens is 274 g/mol. The zero-order valence-electron chi connectivity index (χ0n) is 8.94. The summed E-state index contributed by atoms with van der Waals surface area (Å²) in [5.74, 6) is 0.213.